The molecule has 1 aromatic rings. The maximum Gasteiger partial charge on any atom is 0.174 e. The highest BCUT2D eigenvalue weighted by Gasteiger charge is 2.47. The minimum absolute atomic E-state index is 0.110. The van der Waals surface area contributed by atoms with Crippen molar-refractivity contribution in [3.63, 3.8) is 0 Å². The second-order valence-corrected chi connectivity index (χ2v) is 7.53. The highest BCUT2D eigenvalue weighted by Crippen LogP contribution is 2.30. The van der Waals surface area contributed by atoms with Crippen LogP contribution in [0.2, 0.25) is 5.02 Å². The molecule has 2 saturated heterocycles. The van der Waals surface area contributed by atoms with Gasteiger partial charge in [-0.25, -0.2) is 8.42 Å². The first-order chi connectivity index (χ1) is 8.46. The van der Waals surface area contributed by atoms with E-state index in [-0.39, 0.29) is 23.6 Å². The quantitative estimate of drug-likeness (QED) is 0.790. The van der Waals surface area contributed by atoms with Crippen molar-refractivity contribution in [3.8, 4) is 0 Å². The van der Waals surface area contributed by atoms with E-state index >= 15 is 0 Å². The molecule has 0 bridgehead atoms. The molecule has 18 heavy (non-hydrogen) atoms. The highest BCUT2D eigenvalue weighted by atomic mass is 35.5. The molecule has 3 rings (SSSR count). The lowest BCUT2D eigenvalue weighted by molar-refractivity contribution is 0.600. The SMILES string of the molecule is O=S1(=O)C[C@H]2NC(=S)N(c3cccc(Cl)c3)[C@H]2C1. The zero-order valence-corrected chi connectivity index (χ0v) is 11.7. The topological polar surface area (TPSA) is 49.4 Å². The average molecular weight is 303 g/mol. The summed E-state index contributed by atoms with van der Waals surface area (Å²) in [6.07, 6.45) is 0. The molecule has 7 heteroatoms. The first-order valence-electron chi connectivity index (χ1n) is 5.52. The van der Waals surface area contributed by atoms with Gasteiger partial charge in [0.1, 0.15) is 0 Å². The van der Waals surface area contributed by atoms with E-state index in [4.69, 9.17) is 23.8 Å². The number of anilines is 1. The molecule has 2 fully saturated rings. The number of halogens is 1. The fraction of sp³-hybridized carbons (Fsp3) is 0.364. The first kappa shape index (κ1) is 12.2. The Kier molecular flexibility index (Phi) is 2.76. The number of nitrogens with one attached hydrogen (secondary N) is 1. The number of hydrogen-bond acceptors (Lipinski definition) is 3. The van der Waals surface area contributed by atoms with Crippen LogP contribution in [0.4, 0.5) is 5.69 Å². The molecule has 1 aromatic carbocycles. The van der Waals surface area contributed by atoms with E-state index in [1.165, 1.54) is 0 Å². The molecule has 1 N–H and O–H groups in total. The van der Waals surface area contributed by atoms with Gasteiger partial charge in [0, 0.05) is 10.7 Å². The number of nitrogens with zero attached hydrogens (tertiary/aromatic N) is 1. The molecule has 0 aromatic heterocycles. The Morgan fingerprint density at radius 1 is 1.39 bits per heavy atom. The van der Waals surface area contributed by atoms with Crippen LogP contribution in [0.5, 0.6) is 0 Å². The maximum atomic E-state index is 11.7. The van der Waals surface area contributed by atoms with Crippen LogP contribution >= 0.6 is 23.8 Å². The second-order valence-electron chi connectivity index (χ2n) is 4.55. The van der Waals surface area contributed by atoms with E-state index in [1.54, 1.807) is 12.1 Å². The van der Waals surface area contributed by atoms with E-state index in [9.17, 15) is 8.42 Å². The zero-order chi connectivity index (χ0) is 12.9. The Morgan fingerprint density at radius 3 is 2.89 bits per heavy atom. The third-order valence-electron chi connectivity index (χ3n) is 3.27. The van der Waals surface area contributed by atoms with Gasteiger partial charge in [-0.2, -0.15) is 0 Å². The fourth-order valence-corrected chi connectivity index (χ4v) is 5.00. The lowest BCUT2D eigenvalue weighted by atomic mass is 10.1. The van der Waals surface area contributed by atoms with E-state index in [0.717, 1.165) is 5.69 Å². The lowest BCUT2D eigenvalue weighted by Crippen LogP contribution is -2.36. The summed E-state index contributed by atoms with van der Waals surface area (Å²) in [5.74, 6) is 0.284. The predicted molar refractivity (Wildman–Crippen MR) is 75.9 cm³/mol. The van der Waals surface area contributed by atoms with Crippen LogP contribution in [0, 0.1) is 0 Å². The number of hydrogen-bond donors (Lipinski definition) is 1. The molecule has 4 nitrogen and oxygen atoms in total. The van der Waals surface area contributed by atoms with Crippen molar-refractivity contribution in [2.24, 2.45) is 0 Å². The summed E-state index contributed by atoms with van der Waals surface area (Å²) in [6.45, 7) is 0. The molecule has 0 unspecified atom stereocenters. The molecule has 2 aliphatic rings. The Balaban J connectivity index is 1.99. The van der Waals surface area contributed by atoms with Crippen molar-refractivity contribution in [2.45, 2.75) is 12.1 Å². The van der Waals surface area contributed by atoms with Crippen molar-refractivity contribution in [2.75, 3.05) is 16.4 Å². The normalized spacial score (nSPS) is 29.2. The summed E-state index contributed by atoms with van der Waals surface area (Å²) in [4.78, 5) is 1.86. The van der Waals surface area contributed by atoms with Gasteiger partial charge >= 0.3 is 0 Å². The lowest BCUT2D eigenvalue weighted by Gasteiger charge is -2.23. The number of thiocarbonyl (C=S) groups is 1. The Bertz CT molecular complexity index is 617. The van der Waals surface area contributed by atoms with Crippen LogP contribution in [0.15, 0.2) is 24.3 Å². The third kappa shape index (κ3) is 1.98. The smallest absolute Gasteiger partial charge is 0.174 e. The summed E-state index contributed by atoms with van der Waals surface area (Å²) < 4.78 is 23.3. The average Bonchev–Trinajstić information content (AvgIpc) is 2.68. The van der Waals surface area contributed by atoms with Gasteiger partial charge in [-0.1, -0.05) is 17.7 Å². The van der Waals surface area contributed by atoms with E-state index in [1.807, 2.05) is 17.0 Å². The monoisotopic (exact) mass is 302 g/mol. The largest absolute Gasteiger partial charge is 0.356 e. The van der Waals surface area contributed by atoms with Crippen molar-refractivity contribution in [1.82, 2.24) is 5.32 Å². The fourth-order valence-electron chi connectivity index (χ4n) is 2.53. The van der Waals surface area contributed by atoms with Gasteiger partial charge in [-0.05, 0) is 30.4 Å². The molecule has 96 valence electrons. The van der Waals surface area contributed by atoms with E-state index in [2.05, 4.69) is 5.32 Å². The molecule has 0 aliphatic carbocycles. The van der Waals surface area contributed by atoms with Crippen molar-refractivity contribution in [3.05, 3.63) is 29.3 Å². The summed E-state index contributed by atoms with van der Waals surface area (Å²) >= 11 is 11.2. The van der Waals surface area contributed by atoms with Gasteiger partial charge < -0.3 is 10.2 Å². The molecular weight excluding hydrogens is 292 g/mol. The summed E-state index contributed by atoms with van der Waals surface area (Å²) in [6, 6.07) is 7.05. The van der Waals surface area contributed by atoms with Gasteiger partial charge in [0.05, 0.1) is 23.6 Å². The summed E-state index contributed by atoms with van der Waals surface area (Å²) in [5, 5.41) is 4.26. The molecule has 0 amide bonds. The van der Waals surface area contributed by atoms with Crippen LogP contribution in [0.3, 0.4) is 0 Å². The van der Waals surface area contributed by atoms with Gasteiger partial charge in [-0.3, -0.25) is 0 Å². The molecule has 2 atom stereocenters. The minimum Gasteiger partial charge on any atom is -0.356 e. The Labute approximate surface area is 116 Å². The van der Waals surface area contributed by atoms with Gasteiger partial charge in [-0.15, -0.1) is 0 Å². The van der Waals surface area contributed by atoms with Crippen molar-refractivity contribution < 1.29 is 8.42 Å². The maximum absolute atomic E-state index is 11.7. The number of sulfone groups is 1. The van der Waals surface area contributed by atoms with Crippen LogP contribution in [-0.4, -0.2) is 37.1 Å². The molecule has 2 aliphatic heterocycles. The predicted octanol–water partition coefficient (Wildman–Crippen LogP) is 1.20. The minimum atomic E-state index is -2.98. The van der Waals surface area contributed by atoms with Gasteiger partial charge in [0.15, 0.2) is 14.9 Å². The molecular formula is C11H11ClN2O2S2. The van der Waals surface area contributed by atoms with Crippen LogP contribution in [0.25, 0.3) is 0 Å². The van der Waals surface area contributed by atoms with Crippen molar-refractivity contribution >= 4 is 44.5 Å². The molecule has 0 radical (unpaired) electrons. The molecule has 0 spiro atoms. The number of fused-ring (bicyclic) bond motifs is 1. The standard InChI is InChI=1S/C11H11ClN2O2S2/c12-7-2-1-3-8(4-7)14-10-6-18(15,16)5-9(10)13-11(14)17/h1-4,9-10H,5-6H2,(H,13,17)/t9-,10+/m1/s1. The van der Waals surface area contributed by atoms with E-state index < -0.39 is 9.84 Å². The number of benzene rings is 1. The van der Waals surface area contributed by atoms with Gasteiger partial charge in [0.25, 0.3) is 0 Å². The highest BCUT2D eigenvalue weighted by molar-refractivity contribution is 7.91. The zero-order valence-electron chi connectivity index (χ0n) is 9.34. The third-order valence-corrected chi connectivity index (χ3v) is 5.53. The van der Waals surface area contributed by atoms with Gasteiger partial charge in [0.2, 0.25) is 0 Å². The molecule has 2 heterocycles. The van der Waals surface area contributed by atoms with E-state index in [0.29, 0.717) is 10.1 Å². The van der Waals surface area contributed by atoms with Crippen LogP contribution < -0.4 is 10.2 Å². The Morgan fingerprint density at radius 2 is 2.17 bits per heavy atom. The molecule has 0 saturated carbocycles. The van der Waals surface area contributed by atoms with Crippen molar-refractivity contribution in [1.29, 1.82) is 0 Å². The first-order valence-corrected chi connectivity index (χ1v) is 8.13. The Hall–Kier alpha value is -0.850. The number of rotatable bonds is 1. The summed E-state index contributed by atoms with van der Waals surface area (Å²) in [5.41, 5.74) is 0.838. The summed E-state index contributed by atoms with van der Waals surface area (Å²) in [7, 11) is -2.98. The van der Waals surface area contributed by atoms with Crippen LogP contribution in [0.1, 0.15) is 0 Å². The second kappa shape index (κ2) is 4.08. The van der Waals surface area contributed by atoms with Crippen LogP contribution in [-0.2, 0) is 9.84 Å².